The van der Waals surface area contributed by atoms with E-state index >= 15 is 0 Å². The molecule has 3 N–H and O–H groups in total. The van der Waals surface area contributed by atoms with Crippen LogP contribution < -0.4 is 10.6 Å². The Morgan fingerprint density at radius 2 is 1.90 bits per heavy atom. The number of halogens is 1. The Kier molecular flexibility index (Phi) is 5.56. The molecule has 0 atom stereocenters. The Hall–Kier alpha value is -1.56. The SMILES string of the molecule is CC(C)(C)CC(=O)NCC(=O)Nc1ccc(Br)cc1O. The number of benzene rings is 1. The first-order valence-corrected chi connectivity index (χ1v) is 7.02. The maximum absolute atomic E-state index is 11.7. The molecule has 0 heterocycles. The highest BCUT2D eigenvalue weighted by molar-refractivity contribution is 9.10. The number of rotatable bonds is 4. The van der Waals surface area contributed by atoms with E-state index in [-0.39, 0.29) is 29.5 Å². The van der Waals surface area contributed by atoms with Gasteiger partial charge in [0.05, 0.1) is 12.2 Å². The summed E-state index contributed by atoms with van der Waals surface area (Å²) >= 11 is 3.21. The zero-order chi connectivity index (χ0) is 15.3. The molecule has 0 bridgehead atoms. The number of aromatic hydroxyl groups is 1. The lowest BCUT2D eigenvalue weighted by Gasteiger charge is -2.17. The van der Waals surface area contributed by atoms with Gasteiger partial charge in [-0.3, -0.25) is 9.59 Å². The zero-order valence-corrected chi connectivity index (χ0v) is 13.4. The van der Waals surface area contributed by atoms with Crippen LogP contribution in [0.1, 0.15) is 27.2 Å². The average molecular weight is 343 g/mol. The number of carbonyl (C=O) groups is 2. The summed E-state index contributed by atoms with van der Waals surface area (Å²) in [7, 11) is 0. The number of hydrogen-bond acceptors (Lipinski definition) is 3. The van der Waals surface area contributed by atoms with E-state index in [4.69, 9.17) is 0 Å². The van der Waals surface area contributed by atoms with Gasteiger partial charge in [0.25, 0.3) is 0 Å². The molecule has 0 fully saturated rings. The fourth-order valence-corrected chi connectivity index (χ4v) is 1.88. The fourth-order valence-electron chi connectivity index (χ4n) is 1.53. The summed E-state index contributed by atoms with van der Waals surface area (Å²) in [4.78, 5) is 23.3. The predicted octanol–water partition coefficient (Wildman–Crippen LogP) is 2.65. The Labute approximate surface area is 126 Å². The number of anilines is 1. The number of hydrogen-bond donors (Lipinski definition) is 3. The molecule has 110 valence electrons. The molecule has 0 spiro atoms. The second kappa shape index (κ2) is 6.74. The first-order valence-electron chi connectivity index (χ1n) is 6.22. The minimum absolute atomic E-state index is 0.0336. The van der Waals surface area contributed by atoms with Gasteiger partial charge < -0.3 is 15.7 Å². The van der Waals surface area contributed by atoms with E-state index in [2.05, 4.69) is 26.6 Å². The molecule has 0 radical (unpaired) electrons. The van der Waals surface area contributed by atoms with Gasteiger partial charge in [-0.15, -0.1) is 0 Å². The van der Waals surface area contributed by atoms with Crippen LogP contribution in [0.25, 0.3) is 0 Å². The van der Waals surface area contributed by atoms with Crippen LogP contribution in [0.2, 0.25) is 0 Å². The van der Waals surface area contributed by atoms with E-state index in [1.54, 1.807) is 12.1 Å². The van der Waals surface area contributed by atoms with Crippen molar-refractivity contribution in [1.82, 2.24) is 5.32 Å². The van der Waals surface area contributed by atoms with E-state index in [9.17, 15) is 14.7 Å². The van der Waals surface area contributed by atoms with E-state index in [0.29, 0.717) is 16.6 Å². The molecule has 1 rings (SSSR count). The van der Waals surface area contributed by atoms with Gasteiger partial charge in [-0.05, 0) is 23.6 Å². The first-order chi connectivity index (χ1) is 9.17. The average Bonchev–Trinajstić information content (AvgIpc) is 2.28. The fraction of sp³-hybridized carbons (Fsp3) is 0.429. The number of carbonyl (C=O) groups excluding carboxylic acids is 2. The maximum Gasteiger partial charge on any atom is 0.243 e. The van der Waals surface area contributed by atoms with Crippen molar-refractivity contribution in [1.29, 1.82) is 0 Å². The molecule has 1 aromatic carbocycles. The molecule has 0 aliphatic rings. The topological polar surface area (TPSA) is 78.4 Å². The van der Waals surface area contributed by atoms with Gasteiger partial charge in [0.2, 0.25) is 11.8 Å². The summed E-state index contributed by atoms with van der Waals surface area (Å²) in [6, 6.07) is 4.76. The van der Waals surface area contributed by atoms with Crippen LogP contribution in [0.3, 0.4) is 0 Å². The summed E-state index contributed by atoms with van der Waals surface area (Å²) in [5, 5.41) is 14.7. The van der Waals surface area contributed by atoms with Crippen molar-refractivity contribution in [3.05, 3.63) is 22.7 Å². The van der Waals surface area contributed by atoms with Gasteiger partial charge in [0.15, 0.2) is 0 Å². The predicted molar refractivity (Wildman–Crippen MR) is 81.5 cm³/mol. The van der Waals surface area contributed by atoms with Crippen molar-refractivity contribution in [3.8, 4) is 5.75 Å². The molecule has 0 aliphatic heterocycles. The molecule has 0 aromatic heterocycles. The summed E-state index contributed by atoms with van der Waals surface area (Å²) in [5.74, 6) is -0.591. The maximum atomic E-state index is 11.7. The van der Waals surface area contributed by atoms with E-state index in [1.807, 2.05) is 20.8 Å². The van der Waals surface area contributed by atoms with Gasteiger partial charge >= 0.3 is 0 Å². The van der Waals surface area contributed by atoms with Crippen LogP contribution >= 0.6 is 15.9 Å². The quantitative estimate of drug-likeness (QED) is 0.736. The normalized spacial score (nSPS) is 11.0. The summed E-state index contributed by atoms with van der Waals surface area (Å²) in [6.45, 7) is 5.73. The van der Waals surface area contributed by atoms with Crippen LogP contribution in [0.15, 0.2) is 22.7 Å². The Balaban J connectivity index is 2.46. The van der Waals surface area contributed by atoms with Crippen LogP contribution in [-0.2, 0) is 9.59 Å². The number of phenols is 1. The van der Waals surface area contributed by atoms with E-state index in [1.165, 1.54) is 6.07 Å². The summed E-state index contributed by atoms with van der Waals surface area (Å²) < 4.78 is 0.714. The molecule has 2 amide bonds. The van der Waals surface area contributed by atoms with Crippen LogP contribution in [0, 0.1) is 5.41 Å². The highest BCUT2D eigenvalue weighted by Crippen LogP contribution is 2.26. The molecule has 0 saturated carbocycles. The molecule has 6 heteroatoms. The third-order valence-electron chi connectivity index (χ3n) is 2.37. The highest BCUT2D eigenvalue weighted by atomic mass is 79.9. The van der Waals surface area contributed by atoms with Crippen molar-refractivity contribution in [3.63, 3.8) is 0 Å². The van der Waals surface area contributed by atoms with Gasteiger partial charge in [-0.1, -0.05) is 36.7 Å². The smallest absolute Gasteiger partial charge is 0.243 e. The van der Waals surface area contributed by atoms with Gasteiger partial charge in [-0.2, -0.15) is 0 Å². The molecular formula is C14H19BrN2O3. The molecule has 20 heavy (non-hydrogen) atoms. The van der Waals surface area contributed by atoms with Gasteiger partial charge in [0, 0.05) is 10.9 Å². The van der Waals surface area contributed by atoms with Crippen molar-refractivity contribution in [2.45, 2.75) is 27.2 Å². The zero-order valence-electron chi connectivity index (χ0n) is 11.8. The minimum atomic E-state index is -0.384. The van der Waals surface area contributed by atoms with Crippen LogP contribution in [-0.4, -0.2) is 23.5 Å². The van der Waals surface area contributed by atoms with E-state index < -0.39 is 0 Å². The van der Waals surface area contributed by atoms with Crippen LogP contribution in [0.5, 0.6) is 5.75 Å². The third kappa shape index (κ3) is 6.06. The molecule has 5 nitrogen and oxygen atoms in total. The molecular weight excluding hydrogens is 324 g/mol. The Morgan fingerprint density at radius 3 is 2.45 bits per heavy atom. The highest BCUT2D eigenvalue weighted by Gasteiger charge is 2.16. The van der Waals surface area contributed by atoms with Crippen molar-refractivity contribution in [2.24, 2.45) is 5.41 Å². The Bertz CT molecular complexity index is 510. The summed E-state index contributed by atoms with van der Waals surface area (Å²) in [5.41, 5.74) is 0.188. The van der Waals surface area contributed by atoms with Crippen molar-refractivity contribution < 1.29 is 14.7 Å². The largest absolute Gasteiger partial charge is 0.506 e. The minimum Gasteiger partial charge on any atom is -0.506 e. The molecule has 0 saturated heterocycles. The second-order valence-corrected chi connectivity index (χ2v) is 6.64. The lowest BCUT2D eigenvalue weighted by atomic mass is 9.92. The number of amides is 2. The first kappa shape index (κ1) is 16.5. The van der Waals surface area contributed by atoms with Crippen molar-refractivity contribution >= 4 is 33.4 Å². The molecule has 0 unspecified atom stereocenters. The Morgan fingerprint density at radius 1 is 1.25 bits per heavy atom. The monoisotopic (exact) mass is 342 g/mol. The lowest BCUT2D eigenvalue weighted by molar-refractivity contribution is -0.125. The third-order valence-corrected chi connectivity index (χ3v) is 2.86. The van der Waals surface area contributed by atoms with Gasteiger partial charge in [0.1, 0.15) is 5.75 Å². The van der Waals surface area contributed by atoms with Crippen molar-refractivity contribution in [2.75, 3.05) is 11.9 Å². The lowest BCUT2D eigenvalue weighted by Crippen LogP contribution is -2.34. The van der Waals surface area contributed by atoms with Gasteiger partial charge in [-0.25, -0.2) is 0 Å². The van der Waals surface area contributed by atoms with Crippen LogP contribution in [0.4, 0.5) is 5.69 Å². The molecule has 0 aliphatic carbocycles. The number of phenolic OH excluding ortho intramolecular Hbond substituents is 1. The summed E-state index contributed by atoms with van der Waals surface area (Å²) in [6.07, 6.45) is 0.351. The standard InChI is InChI=1S/C14H19BrN2O3/c1-14(2,3)7-12(19)16-8-13(20)17-10-5-4-9(15)6-11(10)18/h4-6,18H,7-8H2,1-3H3,(H,16,19)(H,17,20). The number of nitrogens with one attached hydrogen (secondary N) is 2. The second-order valence-electron chi connectivity index (χ2n) is 5.72. The molecule has 1 aromatic rings. The van der Waals surface area contributed by atoms with E-state index in [0.717, 1.165) is 0 Å².